The van der Waals surface area contributed by atoms with Gasteiger partial charge in [-0.05, 0) is 0 Å². The van der Waals surface area contributed by atoms with Gasteiger partial charge in [0.15, 0.2) is 0 Å². The third-order valence-corrected chi connectivity index (χ3v) is 67.7. The first-order valence-corrected chi connectivity index (χ1v) is 37.7. The minimum atomic E-state index is -2.82. The van der Waals surface area contributed by atoms with Gasteiger partial charge in [0.05, 0.1) is 0 Å². The van der Waals surface area contributed by atoms with Gasteiger partial charge in [0.1, 0.15) is 0 Å². The topological polar surface area (TPSA) is 20.2 Å². The predicted molar refractivity (Wildman–Crippen MR) is 204 cm³/mol. The molecule has 0 amide bonds. The van der Waals surface area contributed by atoms with Crippen molar-refractivity contribution in [2.45, 2.75) is 179 Å². The van der Waals surface area contributed by atoms with Gasteiger partial charge in [-0.1, -0.05) is 0 Å². The molecule has 1 rings (SSSR count). The Morgan fingerprint density at radius 1 is 0.605 bits per heavy atom. The molecule has 0 saturated carbocycles. The molecule has 1 aromatic rings. The minimum absolute atomic E-state index is 0.342. The first-order chi connectivity index (χ1) is 20.6. The molecule has 248 valence electrons. The Morgan fingerprint density at radius 3 is 1.26 bits per heavy atom. The molecule has 1 N–H and O–H groups in total. The van der Waals surface area contributed by atoms with E-state index >= 15 is 0 Å². The van der Waals surface area contributed by atoms with Gasteiger partial charge in [-0.15, -0.1) is 0 Å². The molecule has 0 spiro atoms. The Kier molecular flexibility index (Phi) is 22.2. The number of hydrogen-bond acceptors (Lipinski definition) is 1. The first-order valence-electron chi connectivity index (χ1n) is 18.8. The molecule has 1 nitrogen and oxygen atoms in total. The Balaban J connectivity index is 4.21. The summed E-state index contributed by atoms with van der Waals surface area (Å²) in [6.07, 6.45) is 17.1. The average Bonchev–Trinajstić information content (AvgIpc) is 3.00. The summed E-state index contributed by atoms with van der Waals surface area (Å²) in [4.78, 5) is 0. The summed E-state index contributed by atoms with van der Waals surface area (Å²) >= 11 is -5.65. The van der Waals surface area contributed by atoms with Gasteiger partial charge in [0.25, 0.3) is 0 Å². The van der Waals surface area contributed by atoms with Gasteiger partial charge in [-0.3, -0.25) is 0 Å². The van der Waals surface area contributed by atoms with Crippen LogP contribution >= 0.6 is 0 Å². The van der Waals surface area contributed by atoms with E-state index in [9.17, 15) is 5.11 Å². The van der Waals surface area contributed by atoms with E-state index in [0.29, 0.717) is 5.92 Å². The van der Waals surface area contributed by atoms with Crippen LogP contribution in [0.2, 0.25) is 48.2 Å². The third kappa shape index (κ3) is 14.9. The van der Waals surface area contributed by atoms with E-state index in [1.54, 1.807) is 26.6 Å². The zero-order valence-electron chi connectivity index (χ0n) is 30.5. The molecule has 0 aliphatic heterocycles. The van der Waals surface area contributed by atoms with E-state index in [1.165, 1.54) is 82.6 Å². The fourth-order valence-corrected chi connectivity index (χ4v) is 88.5. The monoisotopic (exact) mass is 826 g/mol. The third-order valence-electron chi connectivity index (χ3n) is 10.2. The normalized spacial score (nSPS) is 14.0. The maximum atomic E-state index is 12.5. The van der Waals surface area contributed by atoms with Crippen LogP contribution in [0, 0.1) is 17.4 Å². The van der Waals surface area contributed by atoms with Crippen molar-refractivity contribution in [3.8, 4) is 11.5 Å². The van der Waals surface area contributed by atoms with Crippen LogP contribution < -0.4 is 0 Å². The van der Waals surface area contributed by atoms with Crippen molar-refractivity contribution in [3.05, 3.63) is 35.9 Å². The van der Waals surface area contributed by atoms with Gasteiger partial charge >= 0.3 is 283 Å². The number of hydrogen-bond donors (Lipinski definition) is 1. The van der Waals surface area contributed by atoms with Crippen LogP contribution in [-0.2, 0) is 6.42 Å². The second-order valence-corrected chi connectivity index (χ2v) is 52.3. The molecule has 0 aliphatic carbocycles. The van der Waals surface area contributed by atoms with Crippen molar-refractivity contribution in [1.82, 2.24) is 0 Å². The molecule has 1 aromatic carbocycles. The van der Waals surface area contributed by atoms with Gasteiger partial charge < -0.3 is 0 Å². The summed E-state index contributed by atoms with van der Waals surface area (Å²) in [7, 11) is -1.60. The van der Waals surface area contributed by atoms with Crippen LogP contribution in [0.3, 0.4) is 0 Å². The molecule has 0 saturated heterocycles. The summed E-state index contributed by atoms with van der Waals surface area (Å²) in [5, 5.41) is 12.5. The standard InChI is InChI=1S/C15H20OSi.6C4H9.2Sn/c1-13(12-14-8-6-5-7-9-14)15(16)10-11-17(2,3)4;6*1-3-4-2;;/h1,5-9,13,15-16H,12H2,2-4H3;6*1,3-4H2,2H3;;/t13-,15-;;;;;;;;/m0......../s1. The van der Waals surface area contributed by atoms with Crippen LogP contribution in [0.25, 0.3) is 0 Å². The zero-order chi connectivity index (χ0) is 32.2. The van der Waals surface area contributed by atoms with Gasteiger partial charge in [0, 0.05) is 0 Å². The Labute approximate surface area is 280 Å². The van der Waals surface area contributed by atoms with Crippen molar-refractivity contribution in [2.75, 3.05) is 0 Å². The van der Waals surface area contributed by atoms with E-state index in [1.807, 2.05) is 0 Å². The second kappa shape index (κ2) is 23.0. The molecule has 2 atom stereocenters. The second-order valence-electron chi connectivity index (χ2n) is 15.1. The van der Waals surface area contributed by atoms with E-state index < -0.39 is 50.9 Å². The first kappa shape index (κ1) is 41.6. The van der Waals surface area contributed by atoms with Crippen LogP contribution in [0.5, 0.6) is 0 Å². The van der Waals surface area contributed by atoms with Gasteiger partial charge in [0.2, 0.25) is 0 Å². The molecular formula is C39H74OSiSn2. The molecule has 0 radical (unpaired) electrons. The van der Waals surface area contributed by atoms with Crippen molar-refractivity contribution in [1.29, 1.82) is 0 Å². The zero-order valence-corrected chi connectivity index (χ0v) is 37.2. The number of unbranched alkanes of at least 4 members (excludes halogenated alkanes) is 6. The molecule has 0 heterocycles. The summed E-state index contributed by atoms with van der Waals surface area (Å²) in [6, 6.07) is 11.3. The quantitative estimate of drug-likeness (QED) is 0.0813. The number of aliphatic hydroxyl groups is 1. The molecule has 0 aromatic heterocycles. The average molecular weight is 825 g/mol. The van der Waals surface area contributed by atoms with E-state index in [2.05, 4.69) is 103 Å². The predicted octanol–water partition coefficient (Wildman–Crippen LogP) is 12.7. The summed E-state index contributed by atoms with van der Waals surface area (Å²) < 4.78 is 10.3. The van der Waals surface area contributed by atoms with Crippen molar-refractivity contribution in [3.63, 3.8) is 0 Å². The van der Waals surface area contributed by atoms with Crippen LogP contribution in [0.15, 0.2) is 30.3 Å². The van der Waals surface area contributed by atoms with Crippen molar-refractivity contribution < 1.29 is 5.11 Å². The number of aliphatic hydroxyl groups excluding tert-OH is 1. The van der Waals surface area contributed by atoms with Crippen molar-refractivity contribution >= 4 is 44.8 Å². The maximum absolute atomic E-state index is 12.5. The summed E-state index contributed by atoms with van der Waals surface area (Å²) in [6.45, 7) is 21.6. The summed E-state index contributed by atoms with van der Waals surface area (Å²) in [5.41, 5.74) is 5.13. The van der Waals surface area contributed by atoms with Crippen LogP contribution in [0.1, 0.15) is 124 Å². The SMILES string of the molecule is CCC[CH2][Sn]([CH2]CCC)([CH2]CCC)[CH]([C@@H](Cc1ccccc1)[C@@H](O)C#C[Si](C)(C)C)[Sn]([CH2]CCC)([CH2]CCC)[CH2]CCC. The van der Waals surface area contributed by atoms with E-state index in [0.717, 1.165) is 8.37 Å². The van der Waals surface area contributed by atoms with Crippen molar-refractivity contribution in [2.24, 2.45) is 5.92 Å². The molecule has 0 unspecified atom stereocenters. The van der Waals surface area contributed by atoms with E-state index in [-0.39, 0.29) is 0 Å². The Morgan fingerprint density at radius 2 is 0.953 bits per heavy atom. The van der Waals surface area contributed by atoms with Crippen LogP contribution in [-0.4, -0.2) is 56.0 Å². The Hall–Kier alpha value is 0.554. The summed E-state index contributed by atoms with van der Waals surface area (Å²) in [5.74, 6) is 3.98. The number of rotatable bonds is 24. The number of benzene rings is 1. The van der Waals surface area contributed by atoms with Gasteiger partial charge in [-0.25, -0.2) is 0 Å². The van der Waals surface area contributed by atoms with E-state index in [4.69, 9.17) is 0 Å². The Bertz CT molecular complexity index is 808. The fraction of sp³-hybridized carbons (Fsp3) is 0.795. The fourth-order valence-electron chi connectivity index (χ4n) is 8.11. The van der Waals surface area contributed by atoms with Gasteiger partial charge in [-0.2, -0.15) is 0 Å². The molecule has 4 heteroatoms. The molecular weight excluding hydrogens is 750 g/mol. The molecule has 0 fully saturated rings. The molecule has 0 bridgehead atoms. The molecule has 0 aliphatic rings. The van der Waals surface area contributed by atoms with Crippen LogP contribution in [0.4, 0.5) is 0 Å². The molecule has 43 heavy (non-hydrogen) atoms.